The van der Waals surface area contributed by atoms with E-state index >= 15 is 0 Å². The third-order valence-electron chi connectivity index (χ3n) is 2.11. The molecule has 0 saturated carbocycles. The van der Waals surface area contributed by atoms with Crippen molar-refractivity contribution in [3.05, 3.63) is 21.9 Å². The number of hydrogen-bond acceptors (Lipinski definition) is 2. The van der Waals surface area contributed by atoms with Gasteiger partial charge in [0.25, 0.3) is 0 Å². The Labute approximate surface area is 85.4 Å². The molecule has 0 aromatic carbocycles. The highest BCUT2D eigenvalue weighted by Crippen LogP contribution is 2.15. The van der Waals surface area contributed by atoms with Crippen LogP contribution in [0, 0.1) is 6.92 Å². The van der Waals surface area contributed by atoms with Gasteiger partial charge in [-0.1, -0.05) is 0 Å². The molecule has 0 aliphatic rings. The van der Waals surface area contributed by atoms with Gasteiger partial charge in [0.05, 0.1) is 0 Å². The predicted octanol–water partition coefficient (Wildman–Crippen LogP) is 2.94. The van der Waals surface area contributed by atoms with Crippen LogP contribution in [0.15, 0.2) is 11.4 Å². The number of thiophene rings is 1. The Morgan fingerprint density at radius 3 is 2.62 bits per heavy atom. The van der Waals surface area contributed by atoms with E-state index in [9.17, 15) is 0 Å². The van der Waals surface area contributed by atoms with Gasteiger partial charge < -0.3 is 4.90 Å². The van der Waals surface area contributed by atoms with Crippen molar-refractivity contribution in [2.45, 2.75) is 26.2 Å². The van der Waals surface area contributed by atoms with E-state index in [0.29, 0.717) is 0 Å². The average molecular weight is 197 g/mol. The molecule has 2 heteroatoms. The summed E-state index contributed by atoms with van der Waals surface area (Å²) in [6.45, 7) is 3.39. The summed E-state index contributed by atoms with van der Waals surface area (Å²) in [5, 5.41) is 2.28. The summed E-state index contributed by atoms with van der Waals surface area (Å²) in [5.41, 5.74) is 1.52. The van der Waals surface area contributed by atoms with Crippen LogP contribution in [-0.2, 0) is 6.42 Å². The lowest BCUT2D eigenvalue weighted by atomic mass is 10.1. The van der Waals surface area contributed by atoms with E-state index in [1.54, 1.807) is 0 Å². The van der Waals surface area contributed by atoms with Gasteiger partial charge in [0.15, 0.2) is 0 Å². The van der Waals surface area contributed by atoms with Gasteiger partial charge in [-0.25, -0.2) is 0 Å². The van der Waals surface area contributed by atoms with Crippen LogP contribution in [0.2, 0.25) is 0 Å². The van der Waals surface area contributed by atoms with Crippen LogP contribution in [0.5, 0.6) is 0 Å². The van der Waals surface area contributed by atoms with Gasteiger partial charge in [-0.3, -0.25) is 0 Å². The Morgan fingerprint density at radius 1 is 1.31 bits per heavy atom. The van der Waals surface area contributed by atoms with Crippen molar-refractivity contribution in [1.82, 2.24) is 4.90 Å². The zero-order valence-electron chi connectivity index (χ0n) is 8.84. The van der Waals surface area contributed by atoms with E-state index in [1.807, 2.05) is 11.3 Å². The molecule has 1 nitrogen and oxygen atoms in total. The maximum Gasteiger partial charge on any atom is 0.00170 e. The second kappa shape index (κ2) is 5.40. The zero-order chi connectivity index (χ0) is 9.68. The van der Waals surface area contributed by atoms with Crippen LogP contribution in [0.25, 0.3) is 0 Å². The first-order chi connectivity index (χ1) is 6.18. The molecule has 0 aliphatic heterocycles. The Bertz CT molecular complexity index is 240. The number of aryl methyl sites for hydroxylation is 2. The fourth-order valence-electron chi connectivity index (χ4n) is 1.39. The van der Waals surface area contributed by atoms with E-state index in [0.717, 1.165) is 0 Å². The van der Waals surface area contributed by atoms with Gasteiger partial charge in [-0.2, -0.15) is 0 Å². The summed E-state index contributed by atoms with van der Waals surface area (Å²) in [4.78, 5) is 3.68. The quantitative estimate of drug-likeness (QED) is 0.656. The molecule has 1 aromatic rings. The number of unbranched alkanes of at least 4 members (excludes halogenated alkanes) is 1. The van der Waals surface area contributed by atoms with E-state index in [2.05, 4.69) is 37.4 Å². The van der Waals surface area contributed by atoms with Crippen molar-refractivity contribution in [2.24, 2.45) is 0 Å². The Morgan fingerprint density at radius 2 is 2.08 bits per heavy atom. The van der Waals surface area contributed by atoms with E-state index in [-0.39, 0.29) is 0 Å². The highest BCUT2D eigenvalue weighted by molar-refractivity contribution is 7.10. The van der Waals surface area contributed by atoms with E-state index in [4.69, 9.17) is 0 Å². The molecule has 0 unspecified atom stereocenters. The first kappa shape index (κ1) is 10.7. The molecule has 0 aliphatic carbocycles. The van der Waals surface area contributed by atoms with E-state index in [1.165, 1.54) is 36.2 Å². The van der Waals surface area contributed by atoms with Crippen molar-refractivity contribution >= 4 is 11.3 Å². The predicted molar refractivity (Wildman–Crippen MR) is 60.5 cm³/mol. The number of nitrogens with zero attached hydrogens (tertiary/aromatic N) is 1. The molecule has 74 valence electrons. The molecule has 1 aromatic heterocycles. The topological polar surface area (TPSA) is 3.24 Å². The highest BCUT2D eigenvalue weighted by Gasteiger charge is 1.96. The molecule has 0 atom stereocenters. The summed E-state index contributed by atoms with van der Waals surface area (Å²) in [6.07, 6.45) is 3.87. The van der Waals surface area contributed by atoms with Crippen molar-refractivity contribution in [3.63, 3.8) is 0 Å². The molecule has 0 saturated heterocycles. The molecule has 0 radical (unpaired) electrons. The summed E-state index contributed by atoms with van der Waals surface area (Å²) in [6, 6.07) is 2.31. The van der Waals surface area contributed by atoms with Gasteiger partial charge in [0.1, 0.15) is 0 Å². The molecule has 0 N–H and O–H groups in total. The van der Waals surface area contributed by atoms with Crippen LogP contribution in [0.3, 0.4) is 0 Å². The molecule has 1 rings (SSSR count). The molecule has 0 bridgehead atoms. The normalized spacial score (nSPS) is 11.1. The van der Waals surface area contributed by atoms with Crippen molar-refractivity contribution in [3.8, 4) is 0 Å². The Kier molecular flexibility index (Phi) is 4.46. The standard InChI is InChI=1S/C11H19NS/c1-10-8-11(9-13-10)6-4-5-7-12(2)3/h8-9H,4-7H2,1-3H3. The van der Waals surface area contributed by atoms with Gasteiger partial charge in [0.2, 0.25) is 0 Å². The Hall–Kier alpha value is -0.340. The minimum atomic E-state index is 1.21. The van der Waals surface area contributed by atoms with Crippen LogP contribution < -0.4 is 0 Å². The molecule has 1 heterocycles. The SMILES string of the molecule is Cc1cc(CCCCN(C)C)cs1. The molecular weight excluding hydrogens is 178 g/mol. The summed E-state index contributed by atoms with van der Waals surface area (Å²) in [5.74, 6) is 0. The van der Waals surface area contributed by atoms with Gasteiger partial charge in [-0.15, -0.1) is 11.3 Å². The van der Waals surface area contributed by atoms with Crippen LogP contribution in [0.4, 0.5) is 0 Å². The minimum Gasteiger partial charge on any atom is -0.309 e. The fraction of sp³-hybridized carbons (Fsp3) is 0.636. The monoisotopic (exact) mass is 197 g/mol. The molecule has 13 heavy (non-hydrogen) atoms. The van der Waals surface area contributed by atoms with Crippen LogP contribution in [0.1, 0.15) is 23.3 Å². The maximum atomic E-state index is 2.31. The molecular formula is C11H19NS. The molecule has 0 amide bonds. The van der Waals surface area contributed by atoms with Crippen molar-refractivity contribution in [2.75, 3.05) is 20.6 Å². The minimum absolute atomic E-state index is 1.21. The first-order valence-electron chi connectivity index (χ1n) is 4.87. The summed E-state index contributed by atoms with van der Waals surface area (Å²) in [7, 11) is 4.27. The highest BCUT2D eigenvalue weighted by atomic mass is 32.1. The van der Waals surface area contributed by atoms with Crippen molar-refractivity contribution < 1.29 is 0 Å². The third kappa shape index (κ3) is 4.44. The lowest BCUT2D eigenvalue weighted by Crippen LogP contribution is -2.12. The van der Waals surface area contributed by atoms with Gasteiger partial charge in [-0.05, 0) is 63.8 Å². The smallest absolute Gasteiger partial charge is 0.00170 e. The number of rotatable bonds is 5. The molecule has 0 fully saturated rings. The van der Waals surface area contributed by atoms with Crippen LogP contribution >= 0.6 is 11.3 Å². The van der Waals surface area contributed by atoms with E-state index < -0.39 is 0 Å². The largest absolute Gasteiger partial charge is 0.309 e. The first-order valence-corrected chi connectivity index (χ1v) is 5.75. The van der Waals surface area contributed by atoms with Crippen molar-refractivity contribution in [1.29, 1.82) is 0 Å². The maximum absolute atomic E-state index is 2.31. The second-order valence-corrected chi connectivity index (χ2v) is 4.94. The fourth-order valence-corrected chi connectivity index (χ4v) is 2.13. The summed E-state index contributed by atoms with van der Waals surface area (Å²) >= 11 is 1.86. The third-order valence-corrected chi connectivity index (χ3v) is 3.02. The van der Waals surface area contributed by atoms with Gasteiger partial charge >= 0.3 is 0 Å². The summed E-state index contributed by atoms with van der Waals surface area (Å²) < 4.78 is 0. The van der Waals surface area contributed by atoms with Gasteiger partial charge in [0, 0.05) is 4.88 Å². The Balaban J connectivity index is 2.13. The second-order valence-electron chi connectivity index (χ2n) is 3.83. The van der Waals surface area contributed by atoms with Crippen LogP contribution in [-0.4, -0.2) is 25.5 Å². The average Bonchev–Trinajstić information content (AvgIpc) is 2.45. The zero-order valence-corrected chi connectivity index (χ0v) is 9.66. The lowest BCUT2D eigenvalue weighted by molar-refractivity contribution is 0.394. The molecule has 0 spiro atoms. The lowest BCUT2D eigenvalue weighted by Gasteiger charge is -2.07. The number of hydrogen-bond donors (Lipinski definition) is 0.